The summed E-state index contributed by atoms with van der Waals surface area (Å²) in [4.78, 5) is 17.1. The first-order chi connectivity index (χ1) is 13.3. The second kappa shape index (κ2) is 6.74. The molecule has 1 aliphatic rings. The molecule has 4 heterocycles. The molecule has 6 nitrogen and oxygen atoms in total. The third-order valence-electron chi connectivity index (χ3n) is 5.19. The lowest BCUT2D eigenvalue weighted by Crippen LogP contribution is -2.35. The molecule has 0 saturated carbocycles. The van der Waals surface area contributed by atoms with E-state index in [9.17, 15) is 0 Å². The van der Waals surface area contributed by atoms with Crippen molar-refractivity contribution in [3.05, 3.63) is 54.2 Å². The standard InChI is InChI=1S/C20H20N6S/c1-14-23-19(25-9-7-16(8-10-25)26-13-21-12-22-26)18-17(11-27-20(18)24-14)15-5-3-2-4-6-15/h2-6,11-13,16H,7-10H2,1H3. The number of hydrogen-bond acceptors (Lipinski definition) is 6. The largest absolute Gasteiger partial charge is 0.356 e. The first kappa shape index (κ1) is 16.4. The van der Waals surface area contributed by atoms with Crippen molar-refractivity contribution in [2.75, 3.05) is 18.0 Å². The minimum atomic E-state index is 0.415. The number of thiophene rings is 1. The van der Waals surface area contributed by atoms with Crippen LogP contribution in [0.15, 0.2) is 48.4 Å². The van der Waals surface area contributed by atoms with Crippen LogP contribution in [0.3, 0.4) is 0 Å². The molecule has 7 heteroatoms. The molecule has 1 fully saturated rings. The van der Waals surface area contributed by atoms with Gasteiger partial charge < -0.3 is 4.90 Å². The number of anilines is 1. The smallest absolute Gasteiger partial charge is 0.141 e. The second-order valence-corrected chi connectivity index (χ2v) is 7.74. The molecule has 0 aliphatic carbocycles. The fourth-order valence-electron chi connectivity index (χ4n) is 3.83. The number of piperidine rings is 1. The fraction of sp³-hybridized carbons (Fsp3) is 0.300. The van der Waals surface area contributed by atoms with Crippen LogP contribution in [0.1, 0.15) is 24.7 Å². The van der Waals surface area contributed by atoms with Crippen LogP contribution in [-0.2, 0) is 0 Å². The van der Waals surface area contributed by atoms with E-state index in [0.29, 0.717) is 6.04 Å². The Labute approximate surface area is 161 Å². The maximum Gasteiger partial charge on any atom is 0.141 e. The number of fused-ring (bicyclic) bond motifs is 1. The van der Waals surface area contributed by atoms with Gasteiger partial charge in [-0.1, -0.05) is 30.3 Å². The van der Waals surface area contributed by atoms with Crippen LogP contribution in [0.25, 0.3) is 21.3 Å². The Hall–Kier alpha value is -2.80. The van der Waals surface area contributed by atoms with E-state index in [1.165, 1.54) is 16.5 Å². The van der Waals surface area contributed by atoms with Gasteiger partial charge in [0.15, 0.2) is 0 Å². The molecule has 1 aromatic carbocycles. The molecule has 0 radical (unpaired) electrons. The Morgan fingerprint density at radius 1 is 1.07 bits per heavy atom. The molecular formula is C20H20N6S. The first-order valence-electron chi connectivity index (χ1n) is 9.20. The Morgan fingerprint density at radius 3 is 2.63 bits per heavy atom. The van der Waals surface area contributed by atoms with Gasteiger partial charge in [0.05, 0.1) is 11.4 Å². The normalized spacial score (nSPS) is 15.5. The minimum Gasteiger partial charge on any atom is -0.356 e. The molecule has 5 rings (SSSR count). The third-order valence-corrected chi connectivity index (χ3v) is 6.06. The average Bonchev–Trinajstić information content (AvgIpc) is 3.38. The lowest BCUT2D eigenvalue weighted by Gasteiger charge is -2.33. The van der Waals surface area contributed by atoms with Crippen LogP contribution in [-0.4, -0.2) is 37.8 Å². The van der Waals surface area contributed by atoms with Crippen molar-refractivity contribution in [2.45, 2.75) is 25.8 Å². The van der Waals surface area contributed by atoms with Crippen molar-refractivity contribution in [3.8, 4) is 11.1 Å². The molecule has 136 valence electrons. The number of aromatic nitrogens is 5. The quantitative estimate of drug-likeness (QED) is 0.539. The van der Waals surface area contributed by atoms with E-state index in [0.717, 1.165) is 42.4 Å². The van der Waals surface area contributed by atoms with E-state index in [2.05, 4.69) is 50.7 Å². The highest BCUT2D eigenvalue weighted by Crippen LogP contribution is 2.39. The van der Waals surface area contributed by atoms with Gasteiger partial charge in [0.1, 0.15) is 29.1 Å². The number of rotatable bonds is 3. The van der Waals surface area contributed by atoms with E-state index < -0.39 is 0 Å². The van der Waals surface area contributed by atoms with Crippen molar-refractivity contribution in [1.82, 2.24) is 24.7 Å². The zero-order valence-corrected chi connectivity index (χ0v) is 15.9. The van der Waals surface area contributed by atoms with E-state index >= 15 is 0 Å². The molecule has 0 spiro atoms. The maximum absolute atomic E-state index is 4.86. The average molecular weight is 376 g/mol. The molecule has 0 bridgehead atoms. The number of benzene rings is 1. The van der Waals surface area contributed by atoms with Gasteiger partial charge in [-0.3, -0.25) is 0 Å². The van der Waals surface area contributed by atoms with Crippen LogP contribution in [0.4, 0.5) is 5.82 Å². The highest BCUT2D eigenvalue weighted by Gasteiger charge is 2.25. The molecule has 0 amide bonds. The van der Waals surface area contributed by atoms with Gasteiger partial charge in [-0.25, -0.2) is 19.6 Å². The zero-order chi connectivity index (χ0) is 18.2. The topological polar surface area (TPSA) is 59.7 Å². The molecule has 1 saturated heterocycles. The summed E-state index contributed by atoms with van der Waals surface area (Å²) in [5, 5.41) is 7.70. The maximum atomic E-state index is 4.86. The Morgan fingerprint density at radius 2 is 1.89 bits per heavy atom. The van der Waals surface area contributed by atoms with Crippen molar-refractivity contribution in [2.24, 2.45) is 0 Å². The fourth-order valence-corrected chi connectivity index (χ4v) is 4.82. The van der Waals surface area contributed by atoms with Gasteiger partial charge in [-0.05, 0) is 25.3 Å². The lowest BCUT2D eigenvalue weighted by molar-refractivity contribution is 0.365. The SMILES string of the molecule is Cc1nc(N2CCC(n3cncn3)CC2)c2c(-c3ccccc3)csc2n1. The van der Waals surface area contributed by atoms with E-state index in [1.807, 2.05) is 17.9 Å². The van der Waals surface area contributed by atoms with Crippen molar-refractivity contribution >= 4 is 27.4 Å². The van der Waals surface area contributed by atoms with Gasteiger partial charge in [-0.2, -0.15) is 5.10 Å². The molecule has 1 aliphatic heterocycles. The third kappa shape index (κ3) is 2.98. The highest BCUT2D eigenvalue weighted by molar-refractivity contribution is 7.17. The molecule has 0 unspecified atom stereocenters. The zero-order valence-electron chi connectivity index (χ0n) is 15.1. The van der Waals surface area contributed by atoms with Crippen LogP contribution in [0.2, 0.25) is 0 Å². The number of nitrogens with zero attached hydrogens (tertiary/aromatic N) is 6. The summed E-state index contributed by atoms with van der Waals surface area (Å²) in [5.74, 6) is 1.90. The molecular weight excluding hydrogens is 356 g/mol. The van der Waals surface area contributed by atoms with Gasteiger partial charge in [0, 0.05) is 24.0 Å². The van der Waals surface area contributed by atoms with Crippen LogP contribution in [0, 0.1) is 6.92 Å². The summed E-state index contributed by atoms with van der Waals surface area (Å²) in [6.45, 7) is 3.90. The summed E-state index contributed by atoms with van der Waals surface area (Å²) < 4.78 is 1.98. The number of hydrogen-bond donors (Lipinski definition) is 0. The van der Waals surface area contributed by atoms with Crippen LogP contribution in [0.5, 0.6) is 0 Å². The van der Waals surface area contributed by atoms with Crippen molar-refractivity contribution in [1.29, 1.82) is 0 Å². The Bertz CT molecular complexity index is 1050. The predicted molar refractivity (Wildman–Crippen MR) is 108 cm³/mol. The molecule has 0 N–H and O–H groups in total. The summed E-state index contributed by atoms with van der Waals surface area (Å²) >= 11 is 1.70. The Kier molecular flexibility index (Phi) is 4.09. The molecule has 3 aromatic heterocycles. The molecule has 27 heavy (non-hydrogen) atoms. The lowest BCUT2D eigenvalue weighted by atomic mass is 10.0. The summed E-state index contributed by atoms with van der Waals surface area (Å²) in [7, 11) is 0. The van der Waals surface area contributed by atoms with Gasteiger partial charge >= 0.3 is 0 Å². The highest BCUT2D eigenvalue weighted by atomic mass is 32.1. The number of aryl methyl sites for hydroxylation is 1. The Balaban J connectivity index is 1.52. The summed E-state index contributed by atoms with van der Waals surface area (Å²) in [6.07, 6.45) is 5.51. The predicted octanol–water partition coefficient (Wildman–Crippen LogP) is 4.10. The second-order valence-electron chi connectivity index (χ2n) is 6.88. The first-order valence-corrected chi connectivity index (χ1v) is 10.1. The van der Waals surface area contributed by atoms with E-state index in [1.54, 1.807) is 17.7 Å². The molecule has 0 atom stereocenters. The van der Waals surface area contributed by atoms with Gasteiger partial charge in [-0.15, -0.1) is 11.3 Å². The monoisotopic (exact) mass is 376 g/mol. The van der Waals surface area contributed by atoms with Crippen LogP contribution < -0.4 is 4.90 Å². The van der Waals surface area contributed by atoms with Crippen LogP contribution >= 0.6 is 11.3 Å². The summed E-state index contributed by atoms with van der Waals surface area (Å²) in [6, 6.07) is 10.9. The van der Waals surface area contributed by atoms with Crippen molar-refractivity contribution in [3.63, 3.8) is 0 Å². The van der Waals surface area contributed by atoms with Crippen molar-refractivity contribution < 1.29 is 0 Å². The summed E-state index contributed by atoms with van der Waals surface area (Å²) in [5.41, 5.74) is 2.44. The van der Waals surface area contributed by atoms with Gasteiger partial charge in [0.2, 0.25) is 0 Å². The van der Waals surface area contributed by atoms with Gasteiger partial charge in [0.25, 0.3) is 0 Å². The minimum absolute atomic E-state index is 0.415. The molecule has 4 aromatic rings. The van der Waals surface area contributed by atoms with E-state index in [4.69, 9.17) is 9.97 Å². The van der Waals surface area contributed by atoms with E-state index in [-0.39, 0.29) is 0 Å².